The number of hydrogen-bond acceptors (Lipinski definition) is 4. The third-order valence-corrected chi connectivity index (χ3v) is 7.36. The highest BCUT2D eigenvalue weighted by molar-refractivity contribution is 6.08. The fraction of sp³-hybridized carbons (Fsp3) is 0.158. The van der Waals surface area contributed by atoms with Gasteiger partial charge in [-0.25, -0.2) is 9.18 Å². The number of hydrogen-bond donors (Lipinski definition) is 1. The number of carbonyl (C=O) groups excluding carboxylic acids is 1. The number of carboxylic acid groups (broad SMARTS) is 1. The monoisotopic (exact) mass is 603 g/mol. The van der Waals surface area contributed by atoms with Crippen LogP contribution in [0.2, 0.25) is 0 Å². The van der Waals surface area contributed by atoms with Crippen LogP contribution in [0.25, 0.3) is 0 Å². The van der Waals surface area contributed by atoms with Crippen molar-refractivity contribution in [3.63, 3.8) is 0 Å². The van der Waals surface area contributed by atoms with Crippen molar-refractivity contribution in [1.29, 1.82) is 0 Å². The van der Waals surface area contributed by atoms with E-state index in [2.05, 4.69) is 0 Å². The third-order valence-electron chi connectivity index (χ3n) is 7.36. The number of anilines is 1. The average molecular weight is 604 g/mol. The van der Waals surface area contributed by atoms with Gasteiger partial charge in [0.2, 0.25) is 0 Å². The number of carbonyl (C=O) groups is 2. The zero-order valence-corrected chi connectivity index (χ0v) is 25.2. The predicted octanol–water partition coefficient (Wildman–Crippen LogP) is 8.65. The van der Waals surface area contributed by atoms with Crippen LogP contribution in [0.1, 0.15) is 62.7 Å². The molecule has 0 aromatic heterocycles. The van der Waals surface area contributed by atoms with Crippen molar-refractivity contribution in [2.75, 3.05) is 4.90 Å². The van der Waals surface area contributed by atoms with Gasteiger partial charge in [0.1, 0.15) is 30.5 Å². The van der Waals surface area contributed by atoms with Crippen LogP contribution in [0.4, 0.5) is 10.1 Å². The number of rotatable bonds is 12. The summed E-state index contributed by atoms with van der Waals surface area (Å²) in [6, 6.07) is 35.1. The average Bonchev–Trinajstić information content (AvgIpc) is 3.06. The fourth-order valence-corrected chi connectivity index (χ4v) is 4.89. The number of amides is 1. The van der Waals surface area contributed by atoms with E-state index in [0.717, 1.165) is 16.7 Å². The first-order valence-electron chi connectivity index (χ1n) is 14.7. The third kappa shape index (κ3) is 7.95. The molecule has 0 unspecified atom stereocenters. The molecule has 5 rings (SSSR count). The van der Waals surface area contributed by atoms with E-state index in [4.69, 9.17) is 9.47 Å². The summed E-state index contributed by atoms with van der Waals surface area (Å²) in [6.45, 7) is 4.76. The normalized spacial score (nSPS) is 10.8. The van der Waals surface area contributed by atoms with Crippen molar-refractivity contribution in [2.24, 2.45) is 0 Å². The molecule has 0 spiro atoms. The van der Waals surface area contributed by atoms with Crippen LogP contribution in [0.3, 0.4) is 0 Å². The van der Waals surface area contributed by atoms with E-state index in [-0.39, 0.29) is 30.5 Å². The second-order valence-electron chi connectivity index (χ2n) is 11.0. The zero-order valence-electron chi connectivity index (χ0n) is 25.2. The topological polar surface area (TPSA) is 76.1 Å². The molecule has 0 aliphatic rings. The number of halogens is 1. The van der Waals surface area contributed by atoms with Crippen LogP contribution in [0.5, 0.6) is 11.5 Å². The van der Waals surface area contributed by atoms with E-state index in [1.807, 2.05) is 80.6 Å². The Morgan fingerprint density at radius 2 is 1.27 bits per heavy atom. The molecule has 0 atom stereocenters. The first-order valence-corrected chi connectivity index (χ1v) is 14.7. The molecule has 1 N–H and O–H groups in total. The minimum atomic E-state index is -1.04. The Morgan fingerprint density at radius 1 is 0.711 bits per heavy atom. The minimum Gasteiger partial charge on any atom is -0.488 e. The van der Waals surface area contributed by atoms with Crippen molar-refractivity contribution < 1.29 is 28.6 Å². The van der Waals surface area contributed by atoms with Crippen LogP contribution >= 0.6 is 0 Å². The predicted molar refractivity (Wildman–Crippen MR) is 172 cm³/mol. The van der Waals surface area contributed by atoms with Gasteiger partial charge in [0, 0.05) is 11.8 Å². The summed E-state index contributed by atoms with van der Waals surface area (Å²) in [6.07, 6.45) is 0. The maximum atomic E-state index is 14.5. The molecule has 0 heterocycles. The molecule has 0 saturated carbocycles. The summed E-state index contributed by atoms with van der Waals surface area (Å²) in [7, 11) is 0. The van der Waals surface area contributed by atoms with Gasteiger partial charge in [-0.05, 0) is 70.6 Å². The van der Waals surface area contributed by atoms with Gasteiger partial charge in [-0.3, -0.25) is 4.79 Å². The fourth-order valence-electron chi connectivity index (χ4n) is 4.89. The molecule has 1 amide bonds. The van der Waals surface area contributed by atoms with E-state index in [1.54, 1.807) is 30.3 Å². The molecular formula is C38H34FNO5. The number of benzene rings is 5. The lowest BCUT2D eigenvalue weighted by molar-refractivity contribution is 0.0696. The van der Waals surface area contributed by atoms with Crippen molar-refractivity contribution in [2.45, 2.75) is 39.5 Å². The highest BCUT2D eigenvalue weighted by atomic mass is 19.1. The highest BCUT2D eigenvalue weighted by Gasteiger charge is 2.25. The Balaban J connectivity index is 1.56. The molecule has 228 valence electrons. The van der Waals surface area contributed by atoms with Crippen molar-refractivity contribution in [3.8, 4) is 11.5 Å². The summed E-state index contributed by atoms with van der Waals surface area (Å²) in [5.74, 6) is -0.831. The van der Waals surface area contributed by atoms with Crippen LogP contribution in [-0.4, -0.2) is 17.0 Å². The van der Waals surface area contributed by atoms with Gasteiger partial charge in [-0.2, -0.15) is 0 Å². The molecular weight excluding hydrogens is 569 g/mol. The number of ether oxygens (including phenoxy) is 2. The van der Waals surface area contributed by atoms with Crippen LogP contribution in [0, 0.1) is 5.82 Å². The van der Waals surface area contributed by atoms with Gasteiger partial charge >= 0.3 is 5.97 Å². The van der Waals surface area contributed by atoms with Crippen molar-refractivity contribution >= 4 is 17.6 Å². The summed E-state index contributed by atoms with van der Waals surface area (Å²) in [4.78, 5) is 27.5. The first-order chi connectivity index (χ1) is 21.8. The quantitative estimate of drug-likeness (QED) is 0.154. The zero-order chi connectivity index (χ0) is 31.8. The standard InChI is InChI=1S/C38H34FNO5/c1-26(2)33-21-34(36(45-25-29-11-7-4-8-12-29)22-35(33)44-24-28-9-5-3-6-10-28)37(41)40(32-19-17-31(39)18-20-32)23-27-13-15-30(16-14-27)38(42)43/h3-22,26H,23-25H2,1-2H3,(H,42,43). The lowest BCUT2D eigenvalue weighted by Gasteiger charge is -2.26. The van der Waals surface area contributed by atoms with E-state index in [1.165, 1.54) is 29.2 Å². The maximum absolute atomic E-state index is 14.5. The Labute approximate surface area is 262 Å². The lowest BCUT2D eigenvalue weighted by Crippen LogP contribution is -2.31. The van der Waals surface area contributed by atoms with E-state index in [0.29, 0.717) is 34.9 Å². The van der Waals surface area contributed by atoms with Gasteiger partial charge in [0.25, 0.3) is 5.91 Å². The number of carboxylic acids is 1. The molecule has 0 bridgehead atoms. The molecule has 0 fully saturated rings. The second-order valence-corrected chi connectivity index (χ2v) is 11.0. The second kappa shape index (κ2) is 14.4. The van der Waals surface area contributed by atoms with Crippen LogP contribution < -0.4 is 14.4 Å². The van der Waals surface area contributed by atoms with Gasteiger partial charge < -0.3 is 19.5 Å². The van der Waals surface area contributed by atoms with Gasteiger partial charge in [-0.1, -0.05) is 86.6 Å². The minimum absolute atomic E-state index is 0.0216. The molecule has 0 aliphatic heterocycles. The summed E-state index contributed by atoms with van der Waals surface area (Å²) in [5, 5.41) is 9.33. The Hall–Kier alpha value is -5.43. The van der Waals surface area contributed by atoms with Crippen molar-refractivity contribution in [3.05, 3.63) is 161 Å². The van der Waals surface area contributed by atoms with E-state index in [9.17, 15) is 19.1 Å². The van der Waals surface area contributed by atoms with E-state index >= 15 is 0 Å². The summed E-state index contributed by atoms with van der Waals surface area (Å²) in [5.41, 5.74) is 4.44. The van der Waals surface area contributed by atoms with Crippen LogP contribution in [-0.2, 0) is 19.8 Å². The van der Waals surface area contributed by atoms with Gasteiger partial charge in [0.15, 0.2) is 0 Å². The molecule has 6 nitrogen and oxygen atoms in total. The number of aromatic carboxylic acids is 1. The Bertz CT molecular complexity index is 1740. The molecule has 0 aliphatic carbocycles. The molecule has 5 aromatic rings. The van der Waals surface area contributed by atoms with Gasteiger partial charge in [-0.15, -0.1) is 0 Å². The molecule has 5 aromatic carbocycles. The number of nitrogens with zero attached hydrogens (tertiary/aromatic N) is 1. The summed E-state index contributed by atoms with van der Waals surface area (Å²) >= 11 is 0. The smallest absolute Gasteiger partial charge is 0.335 e. The Kier molecular flexibility index (Phi) is 9.90. The lowest BCUT2D eigenvalue weighted by atomic mass is 9.97. The van der Waals surface area contributed by atoms with Gasteiger partial charge in [0.05, 0.1) is 17.7 Å². The molecule has 0 radical (unpaired) electrons. The molecule has 7 heteroatoms. The maximum Gasteiger partial charge on any atom is 0.335 e. The highest BCUT2D eigenvalue weighted by Crippen LogP contribution is 2.36. The molecule has 0 saturated heterocycles. The van der Waals surface area contributed by atoms with E-state index < -0.39 is 11.8 Å². The molecule has 45 heavy (non-hydrogen) atoms. The first kappa shape index (κ1) is 31.0. The van der Waals surface area contributed by atoms with Crippen LogP contribution in [0.15, 0.2) is 121 Å². The SMILES string of the molecule is CC(C)c1cc(C(=O)N(Cc2ccc(C(=O)O)cc2)c2ccc(F)cc2)c(OCc2ccccc2)cc1OCc1ccccc1. The summed E-state index contributed by atoms with van der Waals surface area (Å²) < 4.78 is 26.6. The Morgan fingerprint density at radius 3 is 1.80 bits per heavy atom. The largest absolute Gasteiger partial charge is 0.488 e. The van der Waals surface area contributed by atoms with Crippen molar-refractivity contribution in [1.82, 2.24) is 0 Å².